The van der Waals surface area contributed by atoms with E-state index in [1.807, 2.05) is 0 Å². The minimum absolute atomic E-state index is 0.432. The highest BCUT2D eigenvalue weighted by Gasteiger charge is 2.32. The monoisotopic (exact) mass is 302 g/mol. The van der Waals surface area contributed by atoms with Crippen LogP contribution in [0.25, 0.3) is 11.1 Å². The van der Waals surface area contributed by atoms with Crippen LogP contribution in [0.4, 0.5) is 13.2 Å². The normalized spacial score (nSPS) is 11.5. The average Bonchev–Trinajstić information content (AvgIpc) is 2.28. The van der Waals surface area contributed by atoms with Gasteiger partial charge in [0.1, 0.15) is 5.69 Å². The summed E-state index contributed by atoms with van der Waals surface area (Å²) in [6, 6.07) is 4.21. The molecule has 2 nitrogen and oxygen atoms in total. The van der Waals surface area contributed by atoms with Gasteiger partial charge in [0.25, 0.3) is 0 Å². The third-order valence-electron chi connectivity index (χ3n) is 2.09. The van der Waals surface area contributed by atoms with E-state index in [1.165, 1.54) is 12.3 Å². The predicted octanol–water partition coefficient (Wildman–Crippen LogP) is 3.92. The molecule has 0 N–H and O–H groups in total. The lowest BCUT2D eigenvalue weighted by molar-refractivity contribution is -0.141. The maximum absolute atomic E-state index is 12.5. The van der Waals surface area contributed by atoms with Crippen LogP contribution < -0.4 is 0 Å². The molecule has 0 saturated heterocycles. The molecular formula is C11H6BrF3N2. The van der Waals surface area contributed by atoms with E-state index < -0.39 is 11.9 Å². The van der Waals surface area contributed by atoms with Crippen molar-refractivity contribution in [2.75, 3.05) is 0 Å². The van der Waals surface area contributed by atoms with Gasteiger partial charge in [0.2, 0.25) is 0 Å². The number of rotatable bonds is 1. The van der Waals surface area contributed by atoms with Gasteiger partial charge >= 0.3 is 6.18 Å². The van der Waals surface area contributed by atoms with Gasteiger partial charge in [-0.3, -0.25) is 9.97 Å². The molecule has 0 saturated carbocycles. The van der Waals surface area contributed by atoms with Crippen LogP contribution in [0, 0.1) is 0 Å². The van der Waals surface area contributed by atoms with Crippen LogP contribution in [0.3, 0.4) is 0 Å². The predicted molar refractivity (Wildman–Crippen MR) is 60.2 cm³/mol. The maximum atomic E-state index is 12.5. The summed E-state index contributed by atoms with van der Waals surface area (Å²) in [4.78, 5) is 7.21. The number of halogens is 4. The number of pyridine rings is 2. The summed E-state index contributed by atoms with van der Waals surface area (Å²) < 4.78 is 38.1. The fraction of sp³-hybridized carbons (Fsp3) is 0.0909. The summed E-state index contributed by atoms with van der Waals surface area (Å²) in [6.45, 7) is 0. The number of alkyl halides is 3. The van der Waals surface area contributed by atoms with Crippen LogP contribution in [0.2, 0.25) is 0 Å². The summed E-state index contributed by atoms with van der Waals surface area (Å²) in [5, 5.41) is 0. The Kier molecular flexibility index (Phi) is 3.15. The van der Waals surface area contributed by atoms with Gasteiger partial charge in [0.15, 0.2) is 0 Å². The Bertz CT molecular complexity index is 540. The summed E-state index contributed by atoms with van der Waals surface area (Å²) in [5.74, 6) is 0. The Labute approximate surface area is 104 Å². The molecule has 0 atom stereocenters. The van der Waals surface area contributed by atoms with E-state index >= 15 is 0 Å². The molecular weight excluding hydrogens is 297 g/mol. The molecule has 2 rings (SSSR count). The zero-order chi connectivity index (χ0) is 12.5. The van der Waals surface area contributed by atoms with E-state index in [9.17, 15) is 13.2 Å². The lowest BCUT2D eigenvalue weighted by Crippen LogP contribution is -2.07. The first-order valence-electron chi connectivity index (χ1n) is 4.61. The molecule has 0 aliphatic heterocycles. The van der Waals surface area contributed by atoms with Crippen LogP contribution in [-0.2, 0) is 6.18 Å². The van der Waals surface area contributed by atoms with Gasteiger partial charge in [-0.1, -0.05) is 0 Å². The zero-order valence-electron chi connectivity index (χ0n) is 8.37. The average molecular weight is 303 g/mol. The van der Waals surface area contributed by atoms with Crippen LogP contribution in [0.5, 0.6) is 0 Å². The Morgan fingerprint density at radius 3 is 2.47 bits per heavy atom. The molecule has 0 bridgehead atoms. The van der Waals surface area contributed by atoms with E-state index in [0.29, 0.717) is 15.6 Å². The molecule has 0 radical (unpaired) electrons. The smallest absolute Gasteiger partial charge is 0.263 e. The SMILES string of the molecule is FC(F)(F)c1cc(-c2cncc(Br)c2)ccn1. The van der Waals surface area contributed by atoms with E-state index in [-0.39, 0.29) is 0 Å². The second-order valence-corrected chi connectivity index (χ2v) is 4.24. The summed E-state index contributed by atoms with van der Waals surface area (Å²) in [6.07, 6.45) is -0.232. The summed E-state index contributed by atoms with van der Waals surface area (Å²) in [5.41, 5.74) is 0.128. The minimum Gasteiger partial charge on any atom is -0.263 e. The molecule has 0 unspecified atom stereocenters. The molecule has 0 aliphatic carbocycles. The van der Waals surface area contributed by atoms with Crippen molar-refractivity contribution in [1.29, 1.82) is 0 Å². The lowest BCUT2D eigenvalue weighted by atomic mass is 10.1. The van der Waals surface area contributed by atoms with Crippen molar-refractivity contribution in [2.45, 2.75) is 6.18 Å². The first-order chi connectivity index (χ1) is 7.97. The molecule has 0 amide bonds. The second-order valence-electron chi connectivity index (χ2n) is 3.32. The standard InChI is InChI=1S/C11H6BrF3N2/c12-9-3-8(5-16-6-9)7-1-2-17-10(4-7)11(13,14)15/h1-6H. The fourth-order valence-electron chi connectivity index (χ4n) is 1.33. The van der Waals surface area contributed by atoms with Gasteiger partial charge in [-0.2, -0.15) is 13.2 Å². The van der Waals surface area contributed by atoms with Crippen molar-refractivity contribution in [3.05, 3.63) is 47.0 Å². The molecule has 6 heteroatoms. The van der Waals surface area contributed by atoms with Crippen LogP contribution in [0.15, 0.2) is 41.3 Å². The number of nitrogens with zero attached hydrogens (tertiary/aromatic N) is 2. The fourth-order valence-corrected chi connectivity index (χ4v) is 1.70. The van der Waals surface area contributed by atoms with Gasteiger partial charge in [0.05, 0.1) is 0 Å². The summed E-state index contributed by atoms with van der Waals surface area (Å²) >= 11 is 3.22. The van der Waals surface area contributed by atoms with Crippen molar-refractivity contribution < 1.29 is 13.2 Å². The first kappa shape index (κ1) is 12.0. The van der Waals surface area contributed by atoms with E-state index in [0.717, 1.165) is 12.3 Å². The molecule has 0 aliphatic rings. The molecule has 0 aromatic carbocycles. The van der Waals surface area contributed by atoms with E-state index in [4.69, 9.17) is 0 Å². The van der Waals surface area contributed by atoms with Gasteiger partial charge in [-0.15, -0.1) is 0 Å². The first-order valence-corrected chi connectivity index (χ1v) is 5.40. The van der Waals surface area contributed by atoms with Crippen molar-refractivity contribution >= 4 is 15.9 Å². The second kappa shape index (κ2) is 4.44. The van der Waals surface area contributed by atoms with Crippen molar-refractivity contribution in [2.24, 2.45) is 0 Å². The summed E-state index contributed by atoms with van der Waals surface area (Å²) in [7, 11) is 0. The van der Waals surface area contributed by atoms with Gasteiger partial charge < -0.3 is 0 Å². The highest BCUT2D eigenvalue weighted by molar-refractivity contribution is 9.10. The molecule has 0 spiro atoms. The van der Waals surface area contributed by atoms with Crippen LogP contribution in [0.1, 0.15) is 5.69 Å². The molecule has 2 aromatic heterocycles. The highest BCUT2D eigenvalue weighted by atomic mass is 79.9. The molecule has 2 aromatic rings. The molecule has 0 fully saturated rings. The van der Waals surface area contributed by atoms with Crippen molar-refractivity contribution in [3.8, 4) is 11.1 Å². The quantitative estimate of drug-likeness (QED) is 0.798. The zero-order valence-corrected chi connectivity index (χ0v) is 9.96. The van der Waals surface area contributed by atoms with Crippen LogP contribution >= 0.6 is 15.9 Å². The lowest BCUT2D eigenvalue weighted by Gasteiger charge is -2.07. The van der Waals surface area contributed by atoms with Gasteiger partial charge in [-0.25, -0.2) is 0 Å². The van der Waals surface area contributed by atoms with Crippen molar-refractivity contribution in [1.82, 2.24) is 9.97 Å². The number of hydrogen-bond acceptors (Lipinski definition) is 2. The highest BCUT2D eigenvalue weighted by Crippen LogP contribution is 2.30. The Morgan fingerprint density at radius 1 is 1.06 bits per heavy atom. The molecule has 2 heterocycles. The van der Waals surface area contributed by atoms with Gasteiger partial charge in [0, 0.05) is 28.6 Å². The van der Waals surface area contributed by atoms with Gasteiger partial charge in [-0.05, 0) is 39.7 Å². The topological polar surface area (TPSA) is 25.8 Å². The number of aromatic nitrogens is 2. The Morgan fingerprint density at radius 2 is 1.82 bits per heavy atom. The van der Waals surface area contributed by atoms with E-state index in [2.05, 4.69) is 25.9 Å². The third kappa shape index (κ3) is 2.82. The number of hydrogen-bond donors (Lipinski definition) is 0. The Hall–Kier alpha value is -1.43. The maximum Gasteiger partial charge on any atom is 0.433 e. The molecule has 17 heavy (non-hydrogen) atoms. The molecule has 88 valence electrons. The largest absolute Gasteiger partial charge is 0.433 e. The van der Waals surface area contributed by atoms with Crippen molar-refractivity contribution in [3.63, 3.8) is 0 Å². The van der Waals surface area contributed by atoms with Crippen LogP contribution in [-0.4, -0.2) is 9.97 Å². The van der Waals surface area contributed by atoms with E-state index in [1.54, 1.807) is 12.3 Å². The minimum atomic E-state index is -4.44. The Balaban J connectivity index is 2.47. The third-order valence-corrected chi connectivity index (χ3v) is 2.52.